The predicted octanol–water partition coefficient (Wildman–Crippen LogP) is 2.30. The zero-order chi connectivity index (χ0) is 11.2. The minimum absolute atomic E-state index is 0.376. The van der Waals surface area contributed by atoms with Crippen LogP contribution >= 0.6 is 11.6 Å². The van der Waals surface area contributed by atoms with E-state index >= 15 is 0 Å². The van der Waals surface area contributed by atoms with Gasteiger partial charge < -0.3 is 5.11 Å². The Morgan fingerprint density at radius 2 is 2.12 bits per heavy atom. The molecule has 2 aliphatic rings. The normalized spacial score (nSPS) is 24.1. The van der Waals surface area contributed by atoms with Crippen LogP contribution in [0, 0.1) is 5.92 Å². The molecule has 1 aliphatic carbocycles. The Hall–Kier alpha value is -0.570. The average Bonchev–Trinajstić information content (AvgIpc) is 2.98. The lowest BCUT2D eigenvalue weighted by molar-refractivity contribution is -0.116. The standard InChI is InChI=1S/C13H16ClNO/c14-12-3-1-2-10(6-12)7-15-8-13(16,9-15)11-4-5-11/h1-3,6,11,16H,4-5,7-9H2. The molecule has 0 aromatic heterocycles. The van der Waals surface area contributed by atoms with Crippen molar-refractivity contribution in [2.75, 3.05) is 13.1 Å². The molecule has 0 radical (unpaired) electrons. The van der Waals surface area contributed by atoms with Crippen LogP contribution in [0.1, 0.15) is 18.4 Å². The summed E-state index contributed by atoms with van der Waals surface area (Å²) in [6.45, 7) is 2.55. The van der Waals surface area contributed by atoms with Crippen LogP contribution in [0.3, 0.4) is 0 Å². The number of halogens is 1. The third kappa shape index (κ3) is 1.97. The van der Waals surface area contributed by atoms with Crippen molar-refractivity contribution in [1.82, 2.24) is 4.90 Å². The van der Waals surface area contributed by atoms with E-state index in [9.17, 15) is 5.11 Å². The number of β-amino-alcohol motifs (C(OH)–C–C–N with tert-alkyl or cyclic N) is 1. The van der Waals surface area contributed by atoms with E-state index in [1.807, 2.05) is 18.2 Å². The van der Waals surface area contributed by atoms with Crippen molar-refractivity contribution >= 4 is 11.6 Å². The summed E-state index contributed by atoms with van der Waals surface area (Å²) < 4.78 is 0. The number of benzene rings is 1. The molecule has 86 valence electrons. The van der Waals surface area contributed by atoms with E-state index in [1.165, 1.54) is 18.4 Å². The van der Waals surface area contributed by atoms with Gasteiger partial charge in [0.2, 0.25) is 0 Å². The Balaban J connectivity index is 1.58. The zero-order valence-electron chi connectivity index (χ0n) is 9.19. The highest BCUT2D eigenvalue weighted by Gasteiger charge is 2.51. The van der Waals surface area contributed by atoms with Crippen molar-refractivity contribution in [1.29, 1.82) is 0 Å². The Bertz CT molecular complexity index is 397. The topological polar surface area (TPSA) is 23.5 Å². The average molecular weight is 238 g/mol. The minimum Gasteiger partial charge on any atom is -0.387 e. The number of aliphatic hydroxyl groups is 1. The molecule has 3 rings (SSSR count). The lowest BCUT2D eigenvalue weighted by Gasteiger charge is -2.47. The molecule has 16 heavy (non-hydrogen) atoms. The molecule has 0 bridgehead atoms. The number of hydrogen-bond donors (Lipinski definition) is 1. The molecular formula is C13H16ClNO. The van der Waals surface area contributed by atoms with E-state index in [1.54, 1.807) is 0 Å². The molecule has 1 aliphatic heterocycles. The first-order chi connectivity index (χ1) is 7.66. The second-order valence-electron chi connectivity index (χ2n) is 5.15. The van der Waals surface area contributed by atoms with E-state index in [0.29, 0.717) is 5.92 Å². The maximum Gasteiger partial charge on any atom is 0.0928 e. The third-order valence-electron chi connectivity index (χ3n) is 3.63. The Kier molecular flexibility index (Phi) is 2.46. The fourth-order valence-electron chi connectivity index (χ4n) is 2.61. The quantitative estimate of drug-likeness (QED) is 0.872. The van der Waals surface area contributed by atoms with Gasteiger partial charge in [0.1, 0.15) is 0 Å². The van der Waals surface area contributed by atoms with Gasteiger partial charge in [-0.25, -0.2) is 0 Å². The lowest BCUT2D eigenvalue weighted by atomic mass is 9.88. The van der Waals surface area contributed by atoms with Crippen LogP contribution in [0.4, 0.5) is 0 Å². The van der Waals surface area contributed by atoms with Gasteiger partial charge in [0.25, 0.3) is 0 Å². The first-order valence-electron chi connectivity index (χ1n) is 5.85. The molecule has 1 heterocycles. The molecule has 0 amide bonds. The Morgan fingerprint density at radius 1 is 1.38 bits per heavy atom. The maximum absolute atomic E-state index is 10.2. The number of rotatable bonds is 3. The van der Waals surface area contributed by atoms with Crippen molar-refractivity contribution in [2.45, 2.75) is 25.0 Å². The summed E-state index contributed by atoms with van der Waals surface area (Å²) in [6.07, 6.45) is 2.42. The smallest absolute Gasteiger partial charge is 0.0928 e. The van der Waals surface area contributed by atoms with Gasteiger partial charge in [0, 0.05) is 24.7 Å². The van der Waals surface area contributed by atoms with Crippen molar-refractivity contribution in [3.63, 3.8) is 0 Å². The Morgan fingerprint density at radius 3 is 2.75 bits per heavy atom. The van der Waals surface area contributed by atoms with Crippen LogP contribution in [0.25, 0.3) is 0 Å². The zero-order valence-corrected chi connectivity index (χ0v) is 9.95. The van der Waals surface area contributed by atoms with Crippen molar-refractivity contribution in [2.24, 2.45) is 5.92 Å². The van der Waals surface area contributed by atoms with Crippen LogP contribution in [0.15, 0.2) is 24.3 Å². The third-order valence-corrected chi connectivity index (χ3v) is 3.86. The van der Waals surface area contributed by atoms with E-state index in [2.05, 4.69) is 11.0 Å². The van der Waals surface area contributed by atoms with Gasteiger partial charge in [0.15, 0.2) is 0 Å². The van der Waals surface area contributed by atoms with Gasteiger partial charge in [-0.1, -0.05) is 23.7 Å². The van der Waals surface area contributed by atoms with Crippen LogP contribution < -0.4 is 0 Å². The molecule has 1 aromatic carbocycles. The SMILES string of the molecule is OC1(C2CC2)CN(Cc2cccc(Cl)c2)C1. The summed E-state index contributed by atoms with van der Waals surface area (Å²) in [5.41, 5.74) is 0.851. The molecule has 2 nitrogen and oxygen atoms in total. The monoisotopic (exact) mass is 237 g/mol. The molecular weight excluding hydrogens is 222 g/mol. The molecule has 1 N–H and O–H groups in total. The van der Waals surface area contributed by atoms with Crippen LogP contribution in [-0.2, 0) is 6.54 Å². The van der Waals surface area contributed by atoms with Gasteiger partial charge in [-0.2, -0.15) is 0 Å². The van der Waals surface area contributed by atoms with Gasteiger partial charge in [0.05, 0.1) is 5.60 Å². The second kappa shape index (κ2) is 3.73. The van der Waals surface area contributed by atoms with E-state index in [0.717, 1.165) is 24.7 Å². The molecule has 0 unspecified atom stereocenters. The van der Waals surface area contributed by atoms with Gasteiger partial charge in [-0.05, 0) is 36.5 Å². The lowest BCUT2D eigenvalue weighted by Crippen LogP contribution is -2.62. The molecule has 3 heteroatoms. The fourth-order valence-corrected chi connectivity index (χ4v) is 2.83. The summed E-state index contributed by atoms with van der Waals surface area (Å²) in [6, 6.07) is 7.95. The summed E-state index contributed by atoms with van der Waals surface area (Å²) in [5.74, 6) is 0.572. The highest BCUT2D eigenvalue weighted by molar-refractivity contribution is 6.30. The van der Waals surface area contributed by atoms with Crippen molar-refractivity contribution in [3.05, 3.63) is 34.9 Å². The van der Waals surface area contributed by atoms with Gasteiger partial charge >= 0.3 is 0 Å². The maximum atomic E-state index is 10.2. The van der Waals surface area contributed by atoms with E-state index in [-0.39, 0.29) is 5.60 Å². The van der Waals surface area contributed by atoms with Crippen molar-refractivity contribution in [3.8, 4) is 0 Å². The molecule has 0 atom stereocenters. The molecule has 0 spiro atoms. The van der Waals surface area contributed by atoms with E-state index < -0.39 is 0 Å². The Labute approximate surface area is 101 Å². The number of nitrogens with zero attached hydrogens (tertiary/aromatic N) is 1. The van der Waals surface area contributed by atoms with Crippen molar-refractivity contribution < 1.29 is 5.11 Å². The molecule has 1 aromatic rings. The minimum atomic E-state index is -0.376. The molecule has 1 saturated heterocycles. The first kappa shape index (κ1) is 10.6. The summed E-state index contributed by atoms with van der Waals surface area (Å²) in [4.78, 5) is 2.28. The number of likely N-dealkylation sites (tertiary alicyclic amines) is 1. The molecule has 1 saturated carbocycles. The highest BCUT2D eigenvalue weighted by Crippen LogP contribution is 2.44. The first-order valence-corrected chi connectivity index (χ1v) is 6.23. The van der Waals surface area contributed by atoms with Crippen LogP contribution in [0.5, 0.6) is 0 Å². The summed E-state index contributed by atoms with van der Waals surface area (Å²) in [5, 5.41) is 11.0. The van der Waals surface area contributed by atoms with Crippen LogP contribution in [-0.4, -0.2) is 28.7 Å². The largest absolute Gasteiger partial charge is 0.387 e. The molecule has 2 fully saturated rings. The summed E-state index contributed by atoms with van der Waals surface area (Å²) >= 11 is 5.94. The van der Waals surface area contributed by atoms with E-state index in [4.69, 9.17) is 11.6 Å². The summed E-state index contributed by atoms with van der Waals surface area (Å²) in [7, 11) is 0. The number of hydrogen-bond acceptors (Lipinski definition) is 2. The van der Waals surface area contributed by atoms with Crippen LogP contribution in [0.2, 0.25) is 5.02 Å². The predicted molar refractivity (Wildman–Crippen MR) is 64.4 cm³/mol. The fraction of sp³-hybridized carbons (Fsp3) is 0.538. The second-order valence-corrected chi connectivity index (χ2v) is 5.59. The van der Waals surface area contributed by atoms with Gasteiger partial charge in [-0.3, -0.25) is 4.90 Å². The highest BCUT2D eigenvalue weighted by atomic mass is 35.5. The van der Waals surface area contributed by atoms with Gasteiger partial charge in [-0.15, -0.1) is 0 Å².